The van der Waals surface area contributed by atoms with E-state index in [1.165, 1.54) is 29.2 Å². The molecule has 0 aromatic heterocycles. The molecule has 0 saturated heterocycles. The molecular formula is C27H36N4O6. The smallest absolute Gasteiger partial charge is 0.408 e. The van der Waals surface area contributed by atoms with Gasteiger partial charge in [-0.25, -0.2) is 4.79 Å². The Hall–Kier alpha value is -4.08. The zero-order valence-electron chi connectivity index (χ0n) is 21.9. The van der Waals surface area contributed by atoms with Crippen LogP contribution in [-0.4, -0.2) is 52.0 Å². The molecule has 2 atom stereocenters. The summed E-state index contributed by atoms with van der Waals surface area (Å²) in [4.78, 5) is 53.0. The van der Waals surface area contributed by atoms with Crippen LogP contribution < -0.4 is 16.4 Å². The molecule has 0 bridgehead atoms. The topological polar surface area (TPSA) is 151 Å². The van der Waals surface area contributed by atoms with Gasteiger partial charge in [-0.05, 0) is 63.4 Å². The van der Waals surface area contributed by atoms with Crippen molar-refractivity contribution in [1.29, 1.82) is 0 Å². The molecule has 2 rings (SSSR count). The maximum absolute atomic E-state index is 13.8. The Morgan fingerprint density at radius 1 is 1.05 bits per heavy atom. The molecule has 2 aromatic rings. The van der Waals surface area contributed by atoms with E-state index < -0.39 is 47.9 Å². The van der Waals surface area contributed by atoms with Gasteiger partial charge in [0.2, 0.25) is 11.8 Å². The van der Waals surface area contributed by atoms with E-state index in [0.717, 1.165) is 5.56 Å². The quantitative estimate of drug-likeness (QED) is 0.383. The maximum Gasteiger partial charge on any atom is 0.408 e. The molecule has 0 heterocycles. The first kappa shape index (κ1) is 29.2. The number of para-hydroxylation sites is 1. The van der Waals surface area contributed by atoms with Crippen LogP contribution in [0.5, 0.6) is 5.75 Å². The van der Waals surface area contributed by atoms with Crippen LogP contribution in [0.25, 0.3) is 0 Å². The predicted molar refractivity (Wildman–Crippen MR) is 140 cm³/mol. The van der Waals surface area contributed by atoms with Crippen LogP contribution in [0.15, 0.2) is 48.5 Å². The number of aryl methyl sites for hydroxylation is 1. The largest absolute Gasteiger partial charge is 0.508 e. The van der Waals surface area contributed by atoms with E-state index in [-0.39, 0.29) is 12.3 Å². The molecule has 0 radical (unpaired) electrons. The lowest BCUT2D eigenvalue weighted by atomic mass is 10.0. The van der Waals surface area contributed by atoms with Gasteiger partial charge in [0.25, 0.3) is 5.91 Å². The molecule has 0 spiro atoms. The van der Waals surface area contributed by atoms with Crippen molar-refractivity contribution in [1.82, 2.24) is 10.2 Å². The number of nitrogens with zero attached hydrogens (tertiary/aromatic N) is 1. The van der Waals surface area contributed by atoms with Gasteiger partial charge in [-0.1, -0.05) is 37.3 Å². The zero-order valence-corrected chi connectivity index (χ0v) is 21.9. The molecular weight excluding hydrogens is 476 g/mol. The number of alkyl carbamates (subject to hydrolysis) is 1. The van der Waals surface area contributed by atoms with Gasteiger partial charge >= 0.3 is 6.09 Å². The molecule has 0 aliphatic rings. The summed E-state index contributed by atoms with van der Waals surface area (Å²) < 4.78 is 5.26. The monoisotopic (exact) mass is 512 g/mol. The summed E-state index contributed by atoms with van der Waals surface area (Å²) in [5.41, 5.74) is 6.37. The number of hydrogen-bond acceptors (Lipinski definition) is 6. The Morgan fingerprint density at radius 2 is 1.68 bits per heavy atom. The Bertz CT molecular complexity index is 1110. The third-order valence-corrected chi connectivity index (χ3v) is 5.31. The van der Waals surface area contributed by atoms with Crippen molar-refractivity contribution in [2.75, 3.05) is 11.9 Å². The molecule has 10 heteroatoms. The van der Waals surface area contributed by atoms with E-state index in [9.17, 15) is 24.3 Å². The predicted octanol–water partition coefficient (Wildman–Crippen LogP) is 3.39. The summed E-state index contributed by atoms with van der Waals surface area (Å²) >= 11 is 0. The van der Waals surface area contributed by atoms with Crippen molar-refractivity contribution in [3.63, 3.8) is 0 Å². The lowest BCUT2D eigenvalue weighted by Crippen LogP contribution is -2.53. The van der Waals surface area contributed by atoms with Crippen LogP contribution in [-0.2, 0) is 19.1 Å². The van der Waals surface area contributed by atoms with Gasteiger partial charge in [0, 0.05) is 12.2 Å². The number of primary amides is 1. The summed E-state index contributed by atoms with van der Waals surface area (Å²) in [6.45, 7) is 8.80. The highest BCUT2D eigenvalue weighted by molar-refractivity contribution is 6.00. The summed E-state index contributed by atoms with van der Waals surface area (Å²) in [5, 5.41) is 15.1. The van der Waals surface area contributed by atoms with E-state index in [1.54, 1.807) is 32.9 Å². The van der Waals surface area contributed by atoms with Gasteiger partial charge in [0.15, 0.2) is 0 Å². The number of nitrogens with two attached hydrogens (primary N) is 1. The lowest BCUT2D eigenvalue weighted by molar-refractivity contribution is -0.141. The summed E-state index contributed by atoms with van der Waals surface area (Å²) in [5.74, 6) is -1.99. The van der Waals surface area contributed by atoms with Crippen LogP contribution in [0.4, 0.5) is 10.5 Å². The first-order valence-electron chi connectivity index (χ1n) is 12.1. The van der Waals surface area contributed by atoms with Crippen molar-refractivity contribution >= 4 is 29.5 Å². The number of anilines is 1. The number of nitrogens with one attached hydrogen (secondary N) is 2. The van der Waals surface area contributed by atoms with Crippen molar-refractivity contribution in [2.24, 2.45) is 5.73 Å². The van der Waals surface area contributed by atoms with E-state index in [1.807, 2.05) is 26.0 Å². The molecule has 0 aliphatic carbocycles. The SMILES string of the molecule is CCCN(C(=O)C(CC(N)=O)NC(=O)OC(C)(C)C)C(C(=O)Nc1ccccc1C)c1ccc(O)cc1. The Morgan fingerprint density at radius 3 is 2.22 bits per heavy atom. The molecule has 10 nitrogen and oxygen atoms in total. The lowest BCUT2D eigenvalue weighted by Gasteiger charge is -2.34. The van der Waals surface area contributed by atoms with E-state index >= 15 is 0 Å². The number of amides is 4. The molecule has 2 aromatic carbocycles. The number of aromatic hydroxyl groups is 1. The number of rotatable bonds is 10. The molecule has 2 unspecified atom stereocenters. The normalized spacial score (nSPS) is 12.7. The van der Waals surface area contributed by atoms with Crippen LogP contribution in [0.2, 0.25) is 0 Å². The zero-order chi connectivity index (χ0) is 27.8. The van der Waals surface area contributed by atoms with Crippen LogP contribution in [0, 0.1) is 6.92 Å². The highest BCUT2D eigenvalue weighted by Gasteiger charge is 2.36. The van der Waals surface area contributed by atoms with E-state index in [4.69, 9.17) is 10.5 Å². The number of ether oxygens (including phenoxy) is 1. The molecule has 37 heavy (non-hydrogen) atoms. The second-order valence-corrected chi connectivity index (χ2v) is 9.70. The Labute approximate surface area is 217 Å². The van der Waals surface area contributed by atoms with Gasteiger partial charge in [-0.15, -0.1) is 0 Å². The number of carbonyl (C=O) groups is 4. The molecule has 0 fully saturated rings. The van der Waals surface area contributed by atoms with Crippen molar-refractivity contribution in [2.45, 2.75) is 65.1 Å². The number of carbonyl (C=O) groups excluding carboxylic acids is 4. The molecule has 5 N–H and O–H groups in total. The van der Waals surface area contributed by atoms with Crippen molar-refractivity contribution < 1.29 is 29.0 Å². The minimum absolute atomic E-state index is 0.00613. The van der Waals surface area contributed by atoms with E-state index in [0.29, 0.717) is 17.7 Å². The summed E-state index contributed by atoms with van der Waals surface area (Å²) in [6, 6.07) is 10.6. The van der Waals surface area contributed by atoms with Crippen LogP contribution in [0.1, 0.15) is 57.7 Å². The maximum atomic E-state index is 13.8. The summed E-state index contributed by atoms with van der Waals surface area (Å²) in [7, 11) is 0. The second kappa shape index (κ2) is 12.8. The fraction of sp³-hybridized carbons (Fsp3) is 0.407. The Kier molecular flexibility index (Phi) is 10.0. The van der Waals surface area contributed by atoms with Crippen molar-refractivity contribution in [3.8, 4) is 5.75 Å². The average Bonchev–Trinajstić information content (AvgIpc) is 2.79. The van der Waals surface area contributed by atoms with Gasteiger partial charge in [0.1, 0.15) is 23.4 Å². The Balaban J connectivity index is 2.50. The number of benzene rings is 2. The minimum atomic E-state index is -1.36. The highest BCUT2D eigenvalue weighted by atomic mass is 16.6. The fourth-order valence-corrected chi connectivity index (χ4v) is 3.70. The minimum Gasteiger partial charge on any atom is -0.508 e. The third-order valence-electron chi connectivity index (χ3n) is 5.31. The standard InChI is InChI=1S/C27H36N4O6/c1-6-15-31(25(35)21(16-22(28)33)30-26(36)37-27(3,4)5)23(18-11-13-19(32)14-12-18)24(34)29-20-10-8-7-9-17(20)2/h7-14,21,23,32H,6,15-16H2,1-5H3,(H2,28,33)(H,29,34)(H,30,36). The van der Waals surface area contributed by atoms with Gasteiger partial charge in [-0.3, -0.25) is 14.4 Å². The molecule has 0 saturated carbocycles. The molecule has 0 aliphatic heterocycles. The van der Waals surface area contributed by atoms with E-state index in [2.05, 4.69) is 10.6 Å². The fourth-order valence-electron chi connectivity index (χ4n) is 3.70. The van der Waals surface area contributed by atoms with Crippen LogP contribution >= 0.6 is 0 Å². The third kappa shape index (κ3) is 8.82. The van der Waals surface area contributed by atoms with Crippen molar-refractivity contribution in [3.05, 3.63) is 59.7 Å². The van der Waals surface area contributed by atoms with Gasteiger partial charge < -0.3 is 31.1 Å². The average molecular weight is 513 g/mol. The van der Waals surface area contributed by atoms with Gasteiger partial charge in [-0.2, -0.15) is 0 Å². The molecule has 4 amide bonds. The number of phenols is 1. The van der Waals surface area contributed by atoms with Gasteiger partial charge in [0.05, 0.1) is 6.42 Å². The second-order valence-electron chi connectivity index (χ2n) is 9.70. The number of phenolic OH excluding ortho intramolecular Hbond substituents is 1. The first-order valence-corrected chi connectivity index (χ1v) is 12.1. The highest BCUT2D eigenvalue weighted by Crippen LogP contribution is 2.27. The first-order chi connectivity index (χ1) is 17.3. The van der Waals surface area contributed by atoms with Crippen LogP contribution in [0.3, 0.4) is 0 Å². The molecule has 200 valence electrons. The summed E-state index contributed by atoms with van der Waals surface area (Å²) in [6.07, 6.45) is -0.901. The number of hydrogen-bond donors (Lipinski definition) is 4.